The summed E-state index contributed by atoms with van der Waals surface area (Å²) in [7, 11) is 0. The van der Waals surface area contributed by atoms with Crippen molar-refractivity contribution in [3.8, 4) is 0 Å². The van der Waals surface area contributed by atoms with Crippen molar-refractivity contribution in [3.63, 3.8) is 0 Å². The molecule has 1 aliphatic heterocycles. The maximum absolute atomic E-state index is 13.8. The van der Waals surface area contributed by atoms with E-state index in [1.165, 1.54) is 12.4 Å². The zero-order chi connectivity index (χ0) is 13.9. The summed E-state index contributed by atoms with van der Waals surface area (Å²) in [6.45, 7) is 2.77. The molecule has 5 nitrogen and oxygen atoms in total. The number of nitrogens with zero attached hydrogens (tertiary/aromatic N) is 4. The average molecular weight is 278 g/mol. The lowest BCUT2D eigenvalue weighted by Gasteiger charge is -2.38. The van der Waals surface area contributed by atoms with Gasteiger partial charge in [0.15, 0.2) is 0 Å². The van der Waals surface area contributed by atoms with Gasteiger partial charge >= 0.3 is 0 Å². The van der Waals surface area contributed by atoms with E-state index in [9.17, 15) is 9.18 Å². The van der Waals surface area contributed by atoms with Crippen LogP contribution in [0.1, 0.15) is 29.8 Å². The van der Waals surface area contributed by atoms with E-state index < -0.39 is 6.17 Å². The Hall–Kier alpha value is -1.56. The van der Waals surface area contributed by atoms with Crippen LogP contribution in [0.3, 0.4) is 0 Å². The number of halogens is 1. The van der Waals surface area contributed by atoms with Gasteiger partial charge in [0.2, 0.25) is 0 Å². The number of piperazine rings is 1. The molecule has 2 fully saturated rings. The zero-order valence-corrected chi connectivity index (χ0v) is 11.4. The Morgan fingerprint density at radius 2 is 2.00 bits per heavy atom. The summed E-state index contributed by atoms with van der Waals surface area (Å²) in [6, 6.07) is 0.0590. The third kappa shape index (κ3) is 2.65. The van der Waals surface area contributed by atoms with Gasteiger partial charge in [0.05, 0.1) is 6.20 Å². The highest BCUT2D eigenvalue weighted by Gasteiger charge is 2.34. The van der Waals surface area contributed by atoms with Crippen LogP contribution in [-0.2, 0) is 0 Å². The van der Waals surface area contributed by atoms with Crippen molar-refractivity contribution in [3.05, 3.63) is 24.3 Å². The molecule has 1 aliphatic carbocycles. The van der Waals surface area contributed by atoms with Gasteiger partial charge in [-0.1, -0.05) is 0 Å². The van der Waals surface area contributed by atoms with Crippen LogP contribution in [0.5, 0.6) is 0 Å². The molecule has 0 radical (unpaired) electrons. The first-order valence-electron chi connectivity index (χ1n) is 7.19. The molecular formula is C14H19FN4O. The normalized spacial score (nSPS) is 27.8. The van der Waals surface area contributed by atoms with Crippen LogP contribution in [0.15, 0.2) is 18.6 Å². The molecule has 1 saturated heterocycles. The lowest BCUT2D eigenvalue weighted by atomic mass is 10.1. The molecule has 1 aromatic rings. The Bertz CT molecular complexity index is 462. The highest BCUT2D eigenvalue weighted by Crippen LogP contribution is 2.27. The lowest BCUT2D eigenvalue weighted by molar-refractivity contribution is 0.0483. The van der Waals surface area contributed by atoms with Crippen molar-refractivity contribution in [2.45, 2.75) is 31.5 Å². The summed E-state index contributed by atoms with van der Waals surface area (Å²) < 4.78 is 13.8. The first-order valence-corrected chi connectivity index (χ1v) is 7.19. The van der Waals surface area contributed by atoms with Crippen molar-refractivity contribution in [2.24, 2.45) is 0 Å². The topological polar surface area (TPSA) is 49.3 Å². The standard InChI is InChI=1S/C14H19FN4O/c15-11-2-1-3-13(11)18-6-8-19(9-7-18)14(20)12-10-16-4-5-17-12/h4-5,10-11,13H,1-3,6-9H2. The smallest absolute Gasteiger partial charge is 0.274 e. The van der Waals surface area contributed by atoms with Crippen molar-refractivity contribution < 1.29 is 9.18 Å². The molecule has 108 valence electrons. The second-order valence-electron chi connectivity index (χ2n) is 5.43. The van der Waals surface area contributed by atoms with Crippen molar-refractivity contribution in [1.29, 1.82) is 0 Å². The van der Waals surface area contributed by atoms with E-state index in [-0.39, 0.29) is 11.9 Å². The predicted octanol–water partition coefficient (Wildman–Crippen LogP) is 1.12. The number of aromatic nitrogens is 2. The molecule has 1 amide bonds. The van der Waals surface area contributed by atoms with Crippen LogP contribution < -0.4 is 0 Å². The maximum atomic E-state index is 13.8. The minimum atomic E-state index is -0.697. The van der Waals surface area contributed by atoms with E-state index in [2.05, 4.69) is 14.9 Å². The Balaban J connectivity index is 1.57. The van der Waals surface area contributed by atoms with Crippen molar-refractivity contribution in [2.75, 3.05) is 26.2 Å². The van der Waals surface area contributed by atoms with Crippen LogP contribution in [0.2, 0.25) is 0 Å². The van der Waals surface area contributed by atoms with E-state index in [1.807, 2.05) is 0 Å². The van der Waals surface area contributed by atoms with E-state index in [1.54, 1.807) is 11.1 Å². The molecular weight excluding hydrogens is 259 g/mol. The Morgan fingerprint density at radius 1 is 1.20 bits per heavy atom. The molecule has 2 unspecified atom stereocenters. The summed E-state index contributed by atoms with van der Waals surface area (Å²) in [5, 5.41) is 0. The maximum Gasteiger partial charge on any atom is 0.274 e. The second kappa shape index (κ2) is 5.83. The van der Waals surface area contributed by atoms with Gasteiger partial charge in [0.1, 0.15) is 11.9 Å². The summed E-state index contributed by atoms with van der Waals surface area (Å²) in [6.07, 6.45) is 6.47. The molecule has 1 saturated carbocycles. The molecule has 0 aromatic carbocycles. The minimum absolute atomic E-state index is 0.0590. The third-order valence-electron chi connectivity index (χ3n) is 4.25. The Morgan fingerprint density at radius 3 is 2.60 bits per heavy atom. The third-order valence-corrected chi connectivity index (χ3v) is 4.25. The van der Waals surface area contributed by atoms with E-state index in [0.717, 1.165) is 25.9 Å². The number of amides is 1. The lowest BCUT2D eigenvalue weighted by Crippen LogP contribution is -2.53. The van der Waals surface area contributed by atoms with Gasteiger partial charge < -0.3 is 4.90 Å². The van der Waals surface area contributed by atoms with Gasteiger partial charge in [-0.25, -0.2) is 9.37 Å². The second-order valence-corrected chi connectivity index (χ2v) is 5.43. The molecule has 3 rings (SSSR count). The first-order chi connectivity index (χ1) is 9.75. The van der Waals surface area contributed by atoms with Gasteiger partial charge in [-0.3, -0.25) is 14.7 Å². The predicted molar refractivity (Wildman–Crippen MR) is 72.0 cm³/mol. The molecule has 6 heteroatoms. The molecule has 1 aromatic heterocycles. The van der Waals surface area contributed by atoms with Crippen LogP contribution in [0.4, 0.5) is 4.39 Å². The summed E-state index contributed by atoms with van der Waals surface area (Å²) >= 11 is 0. The van der Waals surface area contributed by atoms with E-state index in [4.69, 9.17) is 0 Å². The fourth-order valence-corrected chi connectivity index (χ4v) is 3.13. The number of carbonyl (C=O) groups excluding carboxylic acids is 1. The fraction of sp³-hybridized carbons (Fsp3) is 0.643. The SMILES string of the molecule is O=C(c1cnccn1)N1CCN(C2CCCC2F)CC1. The van der Waals surface area contributed by atoms with Gasteiger partial charge in [-0.2, -0.15) is 0 Å². The molecule has 0 spiro atoms. The van der Waals surface area contributed by atoms with Gasteiger partial charge in [0, 0.05) is 44.6 Å². The van der Waals surface area contributed by atoms with Crippen LogP contribution in [0.25, 0.3) is 0 Å². The quantitative estimate of drug-likeness (QED) is 0.813. The van der Waals surface area contributed by atoms with Crippen LogP contribution in [-0.4, -0.2) is 64.1 Å². The average Bonchev–Trinajstić information content (AvgIpc) is 2.94. The Labute approximate surface area is 117 Å². The minimum Gasteiger partial charge on any atom is -0.335 e. The van der Waals surface area contributed by atoms with Crippen molar-refractivity contribution in [1.82, 2.24) is 19.8 Å². The van der Waals surface area contributed by atoms with Crippen molar-refractivity contribution >= 4 is 5.91 Å². The number of rotatable bonds is 2. The highest BCUT2D eigenvalue weighted by molar-refractivity contribution is 5.92. The fourth-order valence-electron chi connectivity index (χ4n) is 3.13. The summed E-state index contributed by atoms with van der Waals surface area (Å²) in [5.41, 5.74) is 0.380. The Kier molecular flexibility index (Phi) is 3.91. The molecule has 2 aliphatic rings. The largest absolute Gasteiger partial charge is 0.335 e. The molecule has 20 heavy (non-hydrogen) atoms. The van der Waals surface area contributed by atoms with Gasteiger partial charge in [-0.05, 0) is 19.3 Å². The zero-order valence-electron chi connectivity index (χ0n) is 11.4. The molecule has 0 N–H and O–H groups in total. The number of carbonyl (C=O) groups is 1. The summed E-state index contributed by atoms with van der Waals surface area (Å²) in [5.74, 6) is -0.0824. The molecule has 2 heterocycles. The van der Waals surface area contributed by atoms with E-state index >= 15 is 0 Å². The highest BCUT2D eigenvalue weighted by atomic mass is 19.1. The monoisotopic (exact) mass is 278 g/mol. The van der Waals surface area contributed by atoms with Gasteiger partial charge in [-0.15, -0.1) is 0 Å². The van der Waals surface area contributed by atoms with Crippen LogP contribution >= 0.6 is 0 Å². The number of hydrogen-bond acceptors (Lipinski definition) is 4. The van der Waals surface area contributed by atoms with Crippen LogP contribution in [0, 0.1) is 0 Å². The summed E-state index contributed by atoms with van der Waals surface area (Å²) in [4.78, 5) is 24.1. The number of hydrogen-bond donors (Lipinski definition) is 0. The van der Waals surface area contributed by atoms with Gasteiger partial charge in [0.25, 0.3) is 5.91 Å². The number of alkyl halides is 1. The molecule has 0 bridgehead atoms. The first kappa shape index (κ1) is 13.4. The van der Waals surface area contributed by atoms with E-state index in [0.29, 0.717) is 25.2 Å². The molecule has 2 atom stereocenters.